The molecule has 0 amide bonds. The summed E-state index contributed by atoms with van der Waals surface area (Å²) in [7, 11) is 1.02. The number of benzene rings is 1. The Bertz CT molecular complexity index is 530. The van der Waals surface area contributed by atoms with Crippen LogP contribution in [0, 0.1) is 21.8 Å². The topological polar surface area (TPSA) is 107 Å². The largest absolute Gasteiger partial charge is 0.481 e. The zero-order chi connectivity index (χ0) is 14.6. The van der Waals surface area contributed by atoms with Crippen LogP contribution in [0.25, 0.3) is 0 Å². The van der Waals surface area contributed by atoms with Crippen molar-refractivity contribution in [2.24, 2.45) is 5.92 Å². The minimum Gasteiger partial charge on any atom is -0.481 e. The molecule has 0 aromatic heterocycles. The number of nitro groups is 1. The smallest absolute Gasteiger partial charge is 0.320 e. The van der Waals surface area contributed by atoms with E-state index in [4.69, 9.17) is 5.11 Å². The Morgan fingerprint density at radius 2 is 2.11 bits per heavy atom. The number of rotatable bonds is 5. The van der Waals surface area contributed by atoms with Crippen molar-refractivity contribution in [3.05, 3.63) is 39.7 Å². The first-order valence-corrected chi connectivity index (χ1v) is 5.09. The van der Waals surface area contributed by atoms with E-state index in [1.54, 1.807) is 0 Å². The Labute approximate surface area is 106 Å². The summed E-state index contributed by atoms with van der Waals surface area (Å²) in [5.41, 5.74) is -0.478. The third-order valence-corrected chi connectivity index (χ3v) is 2.38. The maximum Gasteiger partial charge on any atom is 0.320 e. The molecule has 0 aliphatic heterocycles. The third kappa shape index (κ3) is 3.73. The number of nitrogens with zero attached hydrogens (tertiary/aromatic N) is 1. The molecule has 1 N–H and O–H groups in total. The zero-order valence-corrected chi connectivity index (χ0v) is 9.83. The molecule has 0 spiro atoms. The van der Waals surface area contributed by atoms with Gasteiger partial charge in [-0.05, 0) is 18.1 Å². The van der Waals surface area contributed by atoms with Crippen molar-refractivity contribution in [1.29, 1.82) is 0 Å². The lowest BCUT2D eigenvalue weighted by atomic mass is 9.99. The van der Waals surface area contributed by atoms with Gasteiger partial charge in [-0.25, -0.2) is 4.39 Å². The first-order valence-electron chi connectivity index (χ1n) is 5.09. The van der Waals surface area contributed by atoms with Crippen LogP contribution in [0.2, 0.25) is 0 Å². The van der Waals surface area contributed by atoms with E-state index in [0.717, 1.165) is 19.2 Å². The van der Waals surface area contributed by atoms with Gasteiger partial charge in [0.15, 0.2) is 5.92 Å². The first kappa shape index (κ1) is 14.6. The van der Waals surface area contributed by atoms with Crippen molar-refractivity contribution in [3.63, 3.8) is 0 Å². The normalized spacial score (nSPS) is 11.7. The summed E-state index contributed by atoms with van der Waals surface area (Å²) in [4.78, 5) is 31.9. The van der Waals surface area contributed by atoms with Gasteiger partial charge in [0.2, 0.25) is 0 Å². The molecule has 19 heavy (non-hydrogen) atoms. The van der Waals surface area contributed by atoms with E-state index in [1.807, 2.05) is 0 Å². The van der Waals surface area contributed by atoms with Gasteiger partial charge in [0.1, 0.15) is 5.82 Å². The van der Waals surface area contributed by atoms with Crippen LogP contribution >= 0.6 is 0 Å². The lowest BCUT2D eigenvalue weighted by Gasteiger charge is -2.09. The third-order valence-electron chi connectivity index (χ3n) is 2.38. The van der Waals surface area contributed by atoms with Crippen LogP contribution in [0.1, 0.15) is 5.56 Å². The molecule has 1 aromatic carbocycles. The second-order valence-corrected chi connectivity index (χ2v) is 3.69. The van der Waals surface area contributed by atoms with Gasteiger partial charge < -0.3 is 9.84 Å². The van der Waals surface area contributed by atoms with Crippen molar-refractivity contribution in [2.75, 3.05) is 7.11 Å². The number of carboxylic acids is 1. The van der Waals surface area contributed by atoms with Gasteiger partial charge in [0, 0.05) is 6.07 Å². The minimum atomic E-state index is -1.54. The monoisotopic (exact) mass is 271 g/mol. The molecule has 0 aliphatic carbocycles. The van der Waals surface area contributed by atoms with E-state index >= 15 is 0 Å². The predicted octanol–water partition coefficient (Wildman–Crippen LogP) is 1.15. The number of carbonyl (C=O) groups excluding carboxylic acids is 1. The van der Waals surface area contributed by atoms with Crippen molar-refractivity contribution in [3.8, 4) is 0 Å². The molecule has 0 bridgehead atoms. The maximum atomic E-state index is 13.2. The molecule has 0 radical (unpaired) electrons. The van der Waals surface area contributed by atoms with Crippen molar-refractivity contribution < 1.29 is 28.7 Å². The molecule has 0 saturated carbocycles. The summed E-state index contributed by atoms with van der Waals surface area (Å²) in [6.07, 6.45) is -0.388. The molecule has 1 unspecified atom stereocenters. The Balaban J connectivity index is 3.06. The molecule has 1 rings (SSSR count). The number of hydrogen-bond acceptors (Lipinski definition) is 5. The standard InChI is InChI=1S/C11H10FNO6/c1-19-11(16)9(10(14)15)4-6-2-7(12)5-8(3-6)13(17)18/h2-3,5,9H,4H2,1H3,(H,14,15). The summed E-state index contributed by atoms with van der Waals surface area (Å²) >= 11 is 0. The Kier molecular flexibility index (Phi) is 4.51. The molecule has 102 valence electrons. The average Bonchev–Trinajstić information content (AvgIpc) is 2.34. The average molecular weight is 271 g/mol. The highest BCUT2D eigenvalue weighted by molar-refractivity contribution is 5.94. The number of ether oxygens (including phenoxy) is 1. The molecule has 0 fully saturated rings. The van der Waals surface area contributed by atoms with Gasteiger partial charge in [0.25, 0.3) is 5.69 Å². The summed E-state index contributed by atoms with van der Waals surface area (Å²) in [6, 6.07) is 2.66. The number of halogens is 1. The highest BCUT2D eigenvalue weighted by atomic mass is 19.1. The molecule has 1 atom stereocenters. The lowest BCUT2D eigenvalue weighted by Crippen LogP contribution is -2.27. The van der Waals surface area contributed by atoms with Crippen molar-refractivity contribution in [2.45, 2.75) is 6.42 Å². The van der Waals surface area contributed by atoms with Crippen molar-refractivity contribution in [1.82, 2.24) is 0 Å². The fourth-order valence-electron chi connectivity index (χ4n) is 1.51. The number of non-ortho nitro benzene ring substituents is 1. The van der Waals surface area contributed by atoms with Crippen LogP contribution in [-0.2, 0) is 20.7 Å². The molecule has 0 saturated heterocycles. The predicted molar refractivity (Wildman–Crippen MR) is 59.9 cm³/mol. The Morgan fingerprint density at radius 1 is 1.47 bits per heavy atom. The maximum absolute atomic E-state index is 13.2. The highest BCUT2D eigenvalue weighted by Gasteiger charge is 2.28. The minimum absolute atomic E-state index is 0.0319. The number of esters is 1. The van der Waals surface area contributed by atoms with Gasteiger partial charge >= 0.3 is 11.9 Å². The van der Waals surface area contributed by atoms with Crippen LogP contribution in [0.3, 0.4) is 0 Å². The van der Waals surface area contributed by atoms with E-state index in [9.17, 15) is 24.1 Å². The van der Waals surface area contributed by atoms with Crippen molar-refractivity contribution >= 4 is 17.6 Å². The van der Waals surface area contributed by atoms with Gasteiger partial charge in [-0.3, -0.25) is 19.7 Å². The van der Waals surface area contributed by atoms with Crippen LogP contribution in [0.5, 0.6) is 0 Å². The molecular weight excluding hydrogens is 261 g/mol. The second kappa shape index (κ2) is 5.89. The van der Waals surface area contributed by atoms with Gasteiger partial charge in [-0.2, -0.15) is 0 Å². The molecule has 0 heterocycles. The molecule has 0 aliphatic rings. The van der Waals surface area contributed by atoms with Crippen LogP contribution < -0.4 is 0 Å². The Hall–Kier alpha value is -2.51. The number of carbonyl (C=O) groups is 2. The molecule has 1 aromatic rings. The summed E-state index contributed by atoms with van der Waals surface area (Å²) in [5.74, 6) is -4.86. The zero-order valence-electron chi connectivity index (χ0n) is 9.83. The molecule has 8 heteroatoms. The number of carboxylic acid groups (broad SMARTS) is 1. The second-order valence-electron chi connectivity index (χ2n) is 3.69. The SMILES string of the molecule is COC(=O)C(Cc1cc(F)cc([N+](=O)[O-])c1)C(=O)O. The van der Waals surface area contributed by atoms with E-state index in [1.165, 1.54) is 0 Å². The number of nitro benzene ring substituents is 1. The van der Waals surface area contributed by atoms with Gasteiger partial charge in [-0.1, -0.05) is 0 Å². The summed E-state index contributed by atoms with van der Waals surface area (Å²) in [5, 5.41) is 19.4. The van der Waals surface area contributed by atoms with Crippen LogP contribution in [-0.4, -0.2) is 29.1 Å². The number of methoxy groups -OCH3 is 1. The van der Waals surface area contributed by atoms with Crippen LogP contribution in [0.15, 0.2) is 18.2 Å². The first-order chi connectivity index (χ1) is 8.85. The number of aliphatic carboxylic acids is 1. The van der Waals surface area contributed by atoms with Gasteiger partial charge in [0.05, 0.1) is 18.1 Å². The summed E-state index contributed by atoms with van der Waals surface area (Å²) in [6.45, 7) is 0. The highest BCUT2D eigenvalue weighted by Crippen LogP contribution is 2.19. The fourth-order valence-corrected chi connectivity index (χ4v) is 1.51. The molecular formula is C11H10FNO6. The Morgan fingerprint density at radius 3 is 2.58 bits per heavy atom. The van der Waals surface area contributed by atoms with E-state index in [0.29, 0.717) is 6.07 Å². The van der Waals surface area contributed by atoms with E-state index in [2.05, 4.69) is 4.74 Å². The molecule has 7 nitrogen and oxygen atoms in total. The van der Waals surface area contributed by atoms with E-state index < -0.39 is 34.3 Å². The van der Waals surface area contributed by atoms with Gasteiger partial charge in [-0.15, -0.1) is 0 Å². The van der Waals surface area contributed by atoms with Crippen LogP contribution in [0.4, 0.5) is 10.1 Å². The fraction of sp³-hybridized carbons (Fsp3) is 0.273. The lowest BCUT2D eigenvalue weighted by molar-refractivity contribution is -0.385. The number of hydrogen-bond donors (Lipinski definition) is 1. The van der Waals surface area contributed by atoms with E-state index in [-0.39, 0.29) is 12.0 Å². The quantitative estimate of drug-likeness (QED) is 0.372. The summed E-state index contributed by atoms with van der Waals surface area (Å²) < 4.78 is 17.5.